The van der Waals surface area contributed by atoms with Gasteiger partial charge in [0.15, 0.2) is 0 Å². The molecule has 5 N–H and O–H groups in total. The summed E-state index contributed by atoms with van der Waals surface area (Å²) in [6.45, 7) is 0.528. The van der Waals surface area contributed by atoms with Crippen LogP contribution < -0.4 is 11.1 Å². The molecule has 1 heterocycles. The molecule has 62 valence electrons. The van der Waals surface area contributed by atoms with E-state index >= 15 is 0 Å². The molecule has 0 saturated carbocycles. The van der Waals surface area contributed by atoms with Gasteiger partial charge in [-0.1, -0.05) is 0 Å². The Kier molecular flexibility index (Phi) is 2.51. The fourth-order valence-corrected chi connectivity index (χ4v) is 0.925. The zero-order valence-corrected chi connectivity index (χ0v) is 6.46. The van der Waals surface area contributed by atoms with Crippen molar-refractivity contribution < 1.29 is 5.11 Å². The largest absolute Gasteiger partial charge is 0.397 e. The highest BCUT2D eigenvalue weighted by Gasteiger charge is 2.06. The molecular weight excluding hydrogens is 142 g/mol. The van der Waals surface area contributed by atoms with Gasteiger partial charge >= 0.3 is 0 Å². The van der Waals surface area contributed by atoms with Gasteiger partial charge in [0.2, 0.25) is 0 Å². The Morgan fingerprint density at radius 2 is 2.55 bits per heavy atom. The van der Waals surface area contributed by atoms with Gasteiger partial charge in [0, 0.05) is 24.1 Å². The first kappa shape index (κ1) is 8.10. The van der Waals surface area contributed by atoms with Gasteiger partial charge in [-0.2, -0.15) is 0 Å². The van der Waals surface area contributed by atoms with Crippen molar-refractivity contribution in [1.29, 1.82) is 0 Å². The van der Waals surface area contributed by atoms with Crippen molar-refractivity contribution in [3.05, 3.63) is 18.0 Å². The van der Waals surface area contributed by atoms with E-state index < -0.39 is 6.10 Å². The summed E-state index contributed by atoms with van der Waals surface area (Å²) in [6.07, 6.45) is 1.16. The van der Waals surface area contributed by atoms with Gasteiger partial charge < -0.3 is 21.1 Å². The van der Waals surface area contributed by atoms with Crippen molar-refractivity contribution in [2.24, 2.45) is 0 Å². The summed E-state index contributed by atoms with van der Waals surface area (Å²) in [5.74, 6) is 0. The fraction of sp³-hybridized carbons (Fsp3) is 0.429. The second-order valence-electron chi connectivity index (χ2n) is 2.46. The molecule has 0 saturated heterocycles. The quantitative estimate of drug-likeness (QED) is 0.490. The smallest absolute Gasteiger partial charge is 0.106 e. The minimum atomic E-state index is -0.503. The number of nitrogens with one attached hydrogen (secondary N) is 2. The molecule has 4 heteroatoms. The van der Waals surface area contributed by atoms with Crippen molar-refractivity contribution in [3.63, 3.8) is 0 Å². The Morgan fingerprint density at radius 1 is 1.82 bits per heavy atom. The van der Waals surface area contributed by atoms with E-state index in [0.29, 0.717) is 12.2 Å². The Hall–Kier alpha value is -1.00. The summed E-state index contributed by atoms with van der Waals surface area (Å²) < 4.78 is 0. The lowest BCUT2D eigenvalue weighted by Crippen LogP contribution is -2.16. The third-order valence-corrected chi connectivity index (χ3v) is 1.48. The zero-order valence-electron chi connectivity index (χ0n) is 6.46. The Morgan fingerprint density at radius 3 is 3.00 bits per heavy atom. The molecule has 0 aliphatic rings. The first-order valence-electron chi connectivity index (χ1n) is 3.50. The van der Waals surface area contributed by atoms with Crippen LogP contribution in [-0.2, 0) is 0 Å². The van der Waals surface area contributed by atoms with Gasteiger partial charge in [-0.05, 0) is 13.1 Å². The maximum absolute atomic E-state index is 9.38. The molecule has 1 atom stereocenters. The maximum Gasteiger partial charge on any atom is 0.106 e. The van der Waals surface area contributed by atoms with Crippen molar-refractivity contribution in [2.45, 2.75) is 6.10 Å². The van der Waals surface area contributed by atoms with Crippen LogP contribution in [0.2, 0.25) is 0 Å². The van der Waals surface area contributed by atoms with Crippen LogP contribution in [0.25, 0.3) is 0 Å². The molecule has 1 aromatic rings. The van der Waals surface area contributed by atoms with Crippen molar-refractivity contribution in [1.82, 2.24) is 10.3 Å². The molecule has 0 bridgehead atoms. The van der Waals surface area contributed by atoms with Crippen molar-refractivity contribution in [2.75, 3.05) is 19.3 Å². The van der Waals surface area contributed by atoms with Crippen LogP contribution in [0.3, 0.4) is 0 Å². The number of H-pyrrole nitrogens is 1. The average Bonchev–Trinajstić information content (AvgIpc) is 2.36. The van der Waals surface area contributed by atoms with Crippen LogP contribution in [0, 0.1) is 0 Å². The van der Waals surface area contributed by atoms with Gasteiger partial charge in [0.05, 0.1) is 0 Å². The molecule has 0 amide bonds. The summed E-state index contributed by atoms with van der Waals surface area (Å²) in [5.41, 5.74) is 6.85. The van der Waals surface area contributed by atoms with Gasteiger partial charge in [0.1, 0.15) is 6.10 Å². The zero-order chi connectivity index (χ0) is 8.27. The number of aromatic nitrogens is 1. The SMILES string of the molecule is CNCC(O)c1cc(N)c[nH]1. The predicted molar refractivity (Wildman–Crippen MR) is 44.1 cm³/mol. The number of hydrogen-bond donors (Lipinski definition) is 4. The molecule has 0 aromatic carbocycles. The lowest BCUT2D eigenvalue weighted by Gasteiger charge is -2.06. The van der Waals surface area contributed by atoms with E-state index in [1.165, 1.54) is 0 Å². The van der Waals surface area contributed by atoms with E-state index in [-0.39, 0.29) is 0 Å². The van der Waals surface area contributed by atoms with Crippen LogP contribution in [0.1, 0.15) is 11.8 Å². The number of likely N-dealkylation sites (N-methyl/N-ethyl adjacent to an activating group) is 1. The fourth-order valence-electron chi connectivity index (χ4n) is 0.925. The molecule has 1 unspecified atom stereocenters. The Balaban J connectivity index is 2.60. The van der Waals surface area contributed by atoms with Gasteiger partial charge in [-0.25, -0.2) is 0 Å². The Labute approximate surface area is 65.4 Å². The number of nitrogen functional groups attached to an aromatic ring is 1. The summed E-state index contributed by atoms with van der Waals surface area (Å²) in [5, 5.41) is 12.2. The van der Waals surface area contributed by atoms with E-state index in [2.05, 4.69) is 10.3 Å². The molecule has 1 rings (SSSR count). The number of hydrogen-bond acceptors (Lipinski definition) is 3. The first-order chi connectivity index (χ1) is 5.24. The summed E-state index contributed by atoms with van der Waals surface area (Å²) in [4.78, 5) is 2.88. The highest BCUT2D eigenvalue weighted by atomic mass is 16.3. The van der Waals surface area contributed by atoms with E-state index in [9.17, 15) is 5.11 Å². The number of rotatable bonds is 3. The van der Waals surface area contributed by atoms with E-state index in [4.69, 9.17) is 5.73 Å². The van der Waals surface area contributed by atoms with Crippen molar-refractivity contribution in [3.8, 4) is 0 Å². The molecule has 1 aromatic heterocycles. The van der Waals surface area contributed by atoms with E-state index in [1.54, 1.807) is 19.3 Å². The number of aliphatic hydroxyl groups is 1. The topological polar surface area (TPSA) is 74.1 Å². The van der Waals surface area contributed by atoms with Crippen molar-refractivity contribution >= 4 is 5.69 Å². The number of nitrogens with two attached hydrogens (primary N) is 1. The number of aliphatic hydroxyl groups excluding tert-OH is 1. The summed E-state index contributed by atoms with van der Waals surface area (Å²) in [6, 6.07) is 1.72. The maximum atomic E-state index is 9.38. The number of anilines is 1. The number of aromatic amines is 1. The summed E-state index contributed by atoms with van der Waals surface area (Å²) >= 11 is 0. The molecule has 0 radical (unpaired) electrons. The predicted octanol–water partition coefficient (Wildman–Crippen LogP) is -0.150. The van der Waals surface area contributed by atoms with Crippen LogP contribution in [0.15, 0.2) is 12.3 Å². The van der Waals surface area contributed by atoms with Gasteiger partial charge in [-0.15, -0.1) is 0 Å². The minimum Gasteiger partial charge on any atom is -0.397 e. The molecule has 0 aliphatic carbocycles. The highest BCUT2D eigenvalue weighted by molar-refractivity contribution is 5.38. The summed E-state index contributed by atoms with van der Waals surface area (Å²) in [7, 11) is 1.79. The Bertz CT molecular complexity index is 221. The first-order valence-corrected chi connectivity index (χ1v) is 3.50. The molecule has 0 spiro atoms. The third kappa shape index (κ3) is 1.96. The second kappa shape index (κ2) is 3.41. The average molecular weight is 155 g/mol. The second-order valence-corrected chi connectivity index (χ2v) is 2.46. The molecule has 4 nitrogen and oxygen atoms in total. The lowest BCUT2D eigenvalue weighted by molar-refractivity contribution is 0.173. The van der Waals surface area contributed by atoms with Crippen LogP contribution >= 0.6 is 0 Å². The highest BCUT2D eigenvalue weighted by Crippen LogP contribution is 2.12. The monoisotopic (exact) mass is 155 g/mol. The van der Waals surface area contributed by atoms with Crippen LogP contribution in [0.4, 0.5) is 5.69 Å². The minimum absolute atomic E-state index is 0.503. The van der Waals surface area contributed by atoms with Crippen LogP contribution in [0.5, 0.6) is 0 Å². The molecular formula is C7H13N3O. The molecule has 11 heavy (non-hydrogen) atoms. The standard InChI is InChI=1S/C7H13N3O/c1-9-4-7(11)6-2-5(8)3-10-6/h2-3,7,9-11H,4,8H2,1H3. The lowest BCUT2D eigenvalue weighted by atomic mass is 10.2. The third-order valence-electron chi connectivity index (χ3n) is 1.48. The van der Waals surface area contributed by atoms with Gasteiger partial charge in [-0.3, -0.25) is 0 Å². The normalized spacial score (nSPS) is 13.3. The van der Waals surface area contributed by atoms with Crippen LogP contribution in [-0.4, -0.2) is 23.7 Å². The molecule has 0 aliphatic heterocycles. The van der Waals surface area contributed by atoms with E-state index in [1.807, 2.05) is 0 Å². The van der Waals surface area contributed by atoms with Gasteiger partial charge in [0.25, 0.3) is 0 Å². The van der Waals surface area contributed by atoms with E-state index in [0.717, 1.165) is 5.69 Å². The molecule has 0 fully saturated rings.